The molecule has 16 aliphatic carbocycles. The van der Waals surface area contributed by atoms with Crippen LogP contribution in [0.3, 0.4) is 0 Å². The first kappa shape index (κ1) is 61.7. The van der Waals surface area contributed by atoms with E-state index in [9.17, 15) is 28.8 Å². The van der Waals surface area contributed by atoms with Crippen molar-refractivity contribution in [2.24, 2.45) is 142 Å². The lowest BCUT2D eigenvalue weighted by atomic mass is 9.50. The van der Waals surface area contributed by atoms with Crippen LogP contribution in [0.5, 0.6) is 0 Å². The first-order valence-corrected chi connectivity index (χ1v) is 36.4. The summed E-state index contributed by atoms with van der Waals surface area (Å²) in [4.78, 5) is 77.0. The van der Waals surface area contributed by atoms with Gasteiger partial charge in [-0.3, -0.25) is 28.8 Å². The van der Waals surface area contributed by atoms with E-state index in [0.717, 1.165) is 120 Å². The minimum atomic E-state index is -0.453. The average Bonchev–Trinajstić information content (AvgIpc) is 1.55. The Hall–Kier alpha value is -3.18. The van der Waals surface area contributed by atoms with Crippen molar-refractivity contribution in [2.45, 2.75) is 284 Å². The standard InChI is InChI=1S/2C25H38O4.C24H36O4/c1-5-24(2,3)23(27)28-21-13-16-11-19(21)20(12-16)22(26)29-25(4)17-7-14-6-15(9-17)10-18(25)8-14;1-4-14(3)23(26)28-20-13-16-12-19(20)22-17-10-15(21(16)22)11-18(17)24(27)29-25(5-2)8-6-7-9-25;1-4-13(2)22(25)27-19-12-15-11-18(19)21-16-9-14(20(15)21)10-17(16)23(26)28-24(3)7-5-6-8-24/h14-21H,5-13H2,1-4H3;14-22H,4-13H2,1-3H3;13-21H,4-12H2,1-3H3. The molecule has 22 atom stereocenters. The van der Waals surface area contributed by atoms with Crippen LogP contribution in [0.2, 0.25) is 0 Å². The lowest BCUT2D eigenvalue weighted by molar-refractivity contribution is -0.210. The fourth-order valence-electron chi connectivity index (χ4n) is 23.9. The maximum Gasteiger partial charge on any atom is 0.311 e. The van der Waals surface area contributed by atoms with Crippen LogP contribution in [0.15, 0.2) is 0 Å². The molecular weight excluding hydrogens is 1080 g/mol. The van der Waals surface area contributed by atoms with Gasteiger partial charge in [-0.15, -0.1) is 0 Å². The molecule has 14 bridgehead atoms. The number of esters is 6. The van der Waals surface area contributed by atoms with Gasteiger partial charge in [-0.2, -0.15) is 0 Å². The zero-order chi connectivity index (χ0) is 60.5. The Morgan fingerprint density at radius 3 is 1.35 bits per heavy atom. The van der Waals surface area contributed by atoms with E-state index in [2.05, 4.69) is 20.8 Å². The van der Waals surface area contributed by atoms with Crippen molar-refractivity contribution in [1.82, 2.24) is 0 Å². The van der Waals surface area contributed by atoms with E-state index in [-0.39, 0.29) is 106 Å². The first-order chi connectivity index (χ1) is 41.0. The van der Waals surface area contributed by atoms with Gasteiger partial charge in [0.25, 0.3) is 0 Å². The molecule has 16 fully saturated rings. The Labute approximate surface area is 516 Å². The Morgan fingerprint density at radius 1 is 0.442 bits per heavy atom. The highest BCUT2D eigenvalue weighted by atomic mass is 16.6. The van der Waals surface area contributed by atoms with Gasteiger partial charge in [-0.25, -0.2) is 0 Å². The van der Waals surface area contributed by atoms with Crippen molar-refractivity contribution < 1.29 is 57.2 Å². The molecule has 480 valence electrons. The average molecular weight is 1190 g/mol. The van der Waals surface area contributed by atoms with Crippen molar-refractivity contribution >= 4 is 35.8 Å². The first-order valence-electron chi connectivity index (χ1n) is 36.4. The molecule has 16 saturated carbocycles. The number of carbonyl (C=O) groups is 6. The predicted octanol–water partition coefficient (Wildman–Crippen LogP) is 15.0. The Bertz CT molecular complexity index is 2530. The van der Waals surface area contributed by atoms with E-state index in [0.29, 0.717) is 76.9 Å². The van der Waals surface area contributed by atoms with E-state index < -0.39 is 5.41 Å². The monoisotopic (exact) mass is 1190 g/mol. The molecule has 16 rings (SSSR count). The summed E-state index contributed by atoms with van der Waals surface area (Å²) in [6.07, 6.45) is 30.6. The molecule has 12 nitrogen and oxygen atoms in total. The number of fused-ring (bicyclic) bond motifs is 20. The maximum absolute atomic E-state index is 13.4. The number of carbonyl (C=O) groups excluding carboxylic acids is 6. The summed E-state index contributed by atoms with van der Waals surface area (Å²) in [5.74, 6) is 11.1. The molecule has 86 heavy (non-hydrogen) atoms. The summed E-state index contributed by atoms with van der Waals surface area (Å²) in [7, 11) is 0. The van der Waals surface area contributed by atoms with Crippen LogP contribution in [-0.2, 0) is 57.2 Å². The molecule has 12 heteroatoms. The van der Waals surface area contributed by atoms with Crippen LogP contribution in [0.1, 0.15) is 249 Å². The zero-order valence-electron chi connectivity index (χ0n) is 54.7. The van der Waals surface area contributed by atoms with Crippen LogP contribution in [0.25, 0.3) is 0 Å². The van der Waals surface area contributed by atoms with Crippen LogP contribution in [0, 0.1) is 142 Å². The molecular formula is C74H112O12. The predicted molar refractivity (Wildman–Crippen MR) is 325 cm³/mol. The van der Waals surface area contributed by atoms with Gasteiger partial charge in [0.05, 0.1) is 35.0 Å². The highest BCUT2D eigenvalue weighted by molar-refractivity contribution is 5.78. The third kappa shape index (κ3) is 10.9. The number of ether oxygens (including phenoxy) is 6. The van der Waals surface area contributed by atoms with E-state index in [1.807, 2.05) is 48.5 Å². The van der Waals surface area contributed by atoms with E-state index in [4.69, 9.17) is 28.4 Å². The van der Waals surface area contributed by atoms with Crippen LogP contribution >= 0.6 is 0 Å². The number of hydrogen-bond acceptors (Lipinski definition) is 12. The van der Waals surface area contributed by atoms with Crippen molar-refractivity contribution in [1.29, 1.82) is 0 Å². The minimum absolute atomic E-state index is 0.00275. The third-order valence-electron chi connectivity index (χ3n) is 29.0. The van der Waals surface area contributed by atoms with Gasteiger partial charge in [0.2, 0.25) is 0 Å². The summed E-state index contributed by atoms with van der Waals surface area (Å²) < 4.78 is 36.6. The van der Waals surface area contributed by atoms with Gasteiger partial charge in [-0.1, -0.05) is 41.5 Å². The quantitative estimate of drug-likeness (QED) is 0.0819. The summed E-state index contributed by atoms with van der Waals surface area (Å²) in [6.45, 7) is 20.4. The fourth-order valence-corrected chi connectivity index (χ4v) is 23.9. The van der Waals surface area contributed by atoms with Crippen LogP contribution in [0.4, 0.5) is 0 Å². The molecule has 0 heterocycles. The highest BCUT2D eigenvalue weighted by Crippen LogP contribution is 2.71. The van der Waals surface area contributed by atoms with Crippen LogP contribution < -0.4 is 0 Å². The zero-order valence-corrected chi connectivity index (χ0v) is 54.7. The molecule has 0 saturated heterocycles. The fraction of sp³-hybridized carbons (Fsp3) is 0.919. The SMILES string of the molecule is CCC(C)(C)C(=O)OC1CC2CC(C(=O)OC3(C)C4CC5CC(C4)CC3C5)C1C2.CCC(C)C(=O)OC1CC2CC1C1C3CC(CC3C(=O)OC3(C)CCCC3)C21.CCC(C)C(=O)OC1CC2CC1C1C3CC(CC3C(=O)OC3(CC)CCCC3)C21. The van der Waals surface area contributed by atoms with Gasteiger partial charge in [0.1, 0.15) is 35.1 Å². The molecule has 0 N–H and O–H groups in total. The summed E-state index contributed by atoms with van der Waals surface area (Å²) in [5.41, 5.74) is -1.11. The topological polar surface area (TPSA) is 158 Å². The molecule has 0 spiro atoms. The highest BCUT2D eigenvalue weighted by Gasteiger charge is 2.69. The summed E-state index contributed by atoms with van der Waals surface area (Å²) >= 11 is 0. The van der Waals surface area contributed by atoms with Gasteiger partial charge in [-0.05, 0) is 308 Å². The van der Waals surface area contributed by atoms with E-state index >= 15 is 0 Å². The van der Waals surface area contributed by atoms with Crippen molar-refractivity contribution in [2.75, 3.05) is 0 Å². The number of rotatable bonds is 16. The Morgan fingerprint density at radius 2 is 0.872 bits per heavy atom. The lowest BCUT2D eigenvalue weighted by Gasteiger charge is -2.59. The third-order valence-corrected chi connectivity index (χ3v) is 29.0. The summed E-state index contributed by atoms with van der Waals surface area (Å²) in [5, 5.41) is 0. The second kappa shape index (κ2) is 23.5. The number of hydrogen-bond donors (Lipinski definition) is 0. The molecule has 22 unspecified atom stereocenters. The second-order valence-electron chi connectivity index (χ2n) is 33.8. The van der Waals surface area contributed by atoms with Gasteiger partial charge in [0.15, 0.2) is 0 Å². The normalized spacial score (nSPS) is 46.0. The Balaban J connectivity index is 0.000000120. The second-order valence-corrected chi connectivity index (χ2v) is 33.8. The molecule has 0 radical (unpaired) electrons. The lowest BCUT2D eigenvalue weighted by Crippen LogP contribution is -2.58. The van der Waals surface area contributed by atoms with Crippen molar-refractivity contribution in [3.8, 4) is 0 Å². The molecule has 0 aromatic carbocycles. The maximum atomic E-state index is 13.4. The Kier molecular flexibility index (Phi) is 16.8. The van der Waals surface area contributed by atoms with Crippen LogP contribution in [-0.4, -0.2) is 70.9 Å². The molecule has 0 aromatic heterocycles. The van der Waals surface area contributed by atoms with E-state index in [1.165, 1.54) is 83.5 Å². The van der Waals surface area contributed by atoms with Gasteiger partial charge < -0.3 is 28.4 Å². The molecule has 16 aliphatic rings. The molecule has 0 aliphatic heterocycles. The summed E-state index contributed by atoms with van der Waals surface area (Å²) in [6, 6.07) is 0. The molecule has 0 aromatic rings. The van der Waals surface area contributed by atoms with Gasteiger partial charge in [0, 0.05) is 5.92 Å². The smallest absolute Gasteiger partial charge is 0.311 e. The molecule has 0 amide bonds. The van der Waals surface area contributed by atoms with Crippen molar-refractivity contribution in [3.05, 3.63) is 0 Å². The van der Waals surface area contributed by atoms with Gasteiger partial charge >= 0.3 is 35.8 Å². The van der Waals surface area contributed by atoms with E-state index in [1.54, 1.807) is 0 Å². The van der Waals surface area contributed by atoms with Crippen molar-refractivity contribution in [3.63, 3.8) is 0 Å². The largest absolute Gasteiger partial charge is 0.462 e. The minimum Gasteiger partial charge on any atom is -0.462 e.